The first-order valence-electron chi connectivity index (χ1n) is 9.15. The Bertz CT molecular complexity index is 1100. The number of nitrogens with zero attached hydrogens (tertiary/aromatic N) is 4. The van der Waals surface area contributed by atoms with Crippen LogP contribution in [0.5, 0.6) is 0 Å². The Balaban J connectivity index is 1.54. The molecule has 0 unspecified atom stereocenters. The van der Waals surface area contributed by atoms with E-state index < -0.39 is 29.4 Å². The lowest BCUT2D eigenvalue weighted by Crippen LogP contribution is -2.42. The van der Waals surface area contributed by atoms with Gasteiger partial charge in [-0.05, 0) is 37.1 Å². The van der Waals surface area contributed by atoms with Gasteiger partial charge in [-0.1, -0.05) is 0 Å². The highest BCUT2D eigenvalue weighted by atomic mass is 19.4. The minimum atomic E-state index is -4.51. The second-order valence-corrected chi connectivity index (χ2v) is 7.04. The molecule has 1 saturated heterocycles. The van der Waals surface area contributed by atoms with Gasteiger partial charge in [0.1, 0.15) is 17.5 Å². The van der Waals surface area contributed by atoms with Crippen LogP contribution in [0, 0.1) is 11.6 Å². The maximum absolute atomic E-state index is 13.8. The zero-order valence-corrected chi connectivity index (χ0v) is 15.5. The van der Waals surface area contributed by atoms with Crippen LogP contribution in [0.25, 0.3) is 5.65 Å². The molecule has 11 heteroatoms. The normalized spacial score (nSPS) is 17.4. The number of amides is 2. The average molecular weight is 425 g/mol. The molecule has 158 valence electrons. The summed E-state index contributed by atoms with van der Waals surface area (Å²) < 4.78 is 67.3. The summed E-state index contributed by atoms with van der Waals surface area (Å²) in [6, 6.07) is 4.40. The van der Waals surface area contributed by atoms with E-state index >= 15 is 0 Å². The van der Waals surface area contributed by atoms with Gasteiger partial charge < -0.3 is 10.2 Å². The maximum Gasteiger partial charge on any atom is 0.417 e. The van der Waals surface area contributed by atoms with Gasteiger partial charge in [0.05, 0.1) is 11.3 Å². The number of aromatic nitrogens is 3. The van der Waals surface area contributed by atoms with Gasteiger partial charge in [0, 0.05) is 31.3 Å². The molecule has 4 rings (SSSR count). The first kappa shape index (κ1) is 20.0. The molecule has 1 aromatic carbocycles. The number of benzene rings is 1. The Morgan fingerprint density at radius 2 is 1.93 bits per heavy atom. The summed E-state index contributed by atoms with van der Waals surface area (Å²) in [4.78, 5) is 14.0. The third kappa shape index (κ3) is 3.91. The smallest absolute Gasteiger partial charge is 0.324 e. The van der Waals surface area contributed by atoms with Crippen LogP contribution >= 0.6 is 0 Å². The fourth-order valence-electron chi connectivity index (χ4n) is 3.51. The van der Waals surface area contributed by atoms with E-state index in [0.717, 1.165) is 24.4 Å². The van der Waals surface area contributed by atoms with Crippen molar-refractivity contribution in [1.29, 1.82) is 0 Å². The van der Waals surface area contributed by atoms with Gasteiger partial charge in [-0.2, -0.15) is 13.2 Å². The predicted molar refractivity (Wildman–Crippen MR) is 96.9 cm³/mol. The molecule has 3 aromatic rings. The van der Waals surface area contributed by atoms with E-state index in [1.807, 2.05) is 0 Å². The molecule has 1 N–H and O–H groups in total. The Morgan fingerprint density at radius 1 is 1.13 bits per heavy atom. The number of urea groups is 1. The number of likely N-dealkylation sites (tertiary alicyclic amines) is 1. The molecule has 1 atom stereocenters. The topological polar surface area (TPSA) is 62.5 Å². The molecule has 1 fully saturated rings. The molecular formula is C19H16F5N5O. The molecule has 0 bridgehead atoms. The second-order valence-electron chi connectivity index (χ2n) is 7.04. The Kier molecular flexibility index (Phi) is 5.04. The average Bonchev–Trinajstić information content (AvgIpc) is 3.13. The number of nitrogens with one attached hydrogen (secondary N) is 1. The number of piperidine rings is 1. The van der Waals surface area contributed by atoms with E-state index in [1.54, 1.807) is 0 Å². The van der Waals surface area contributed by atoms with Crippen molar-refractivity contribution in [3.63, 3.8) is 0 Å². The van der Waals surface area contributed by atoms with Gasteiger partial charge >= 0.3 is 12.2 Å². The highest BCUT2D eigenvalue weighted by Gasteiger charge is 2.33. The number of pyridine rings is 1. The van der Waals surface area contributed by atoms with Crippen molar-refractivity contribution in [3.05, 3.63) is 59.6 Å². The van der Waals surface area contributed by atoms with Crippen molar-refractivity contribution in [3.8, 4) is 0 Å². The number of carbonyl (C=O) groups excluding carboxylic acids is 1. The molecule has 1 aliphatic heterocycles. The van der Waals surface area contributed by atoms with Crippen LogP contribution in [-0.4, -0.2) is 38.6 Å². The number of fused-ring (bicyclic) bond motifs is 1. The van der Waals surface area contributed by atoms with Crippen molar-refractivity contribution < 1.29 is 26.7 Å². The third-order valence-electron chi connectivity index (χ3n) is 5.00. The Labute approximate surface area is 167 Å². The summed E-state index contributed by atoms with van der Waals surface area (Å²) in [7, 11) is 0. The minimum Gasteiger partial charge on any atom is -0.324 e. The Morgan fingerprint density at radius 3 is 2.67 bits per heavy atom. The molecule has 0 spiro atoms. The van der Waals surface area contributed by atoms with Crippen molar-refractivity contribution in [1.82, 2.24) is 19.5 Å². The fraction of sp³-hybridized carbons (Fsp3) is 0.316. The van der Waals surface area contributed by atoms with Crippen molar-refractivity contribution >= 4 is 17.4 Å². The van der Waals surface area contributed by atoms with Crippen molar-refractivity contribution in [2.45, 2.75) is 24.9 Å². The van der Waals surface area contributed by atoms with Crippen LogP contribution in [0.4, 0.5) is 32.4 Å². The van der Waals surface area contributed by atoms with Crippen LogP contribution < -0.4 is 5.32 Å². The third-order valence-corrected chi connectivity index (χ3v) is 5.00. The number of anilines is 1. The number of rotatable bonds is 2. The SMILES string of the molecule is O=C(Nc1ccc(F)cc1F)N1CCC[C@@H](c2nnc3ccc(C(F)(F)F)cn23)C1. The van der Waals surface area contributed by atoms with Crippen LogP contribution in [0.15, 0.2) is 36.5 Å². The van der Waals surface area contributed by atoms with Crippen molar-refractivity contribution in [2.75, 3.05) is 18.4 Å². The first-order valence-corrected chi connectivity index (χ1v) is 9.15. The van der Waals surface area contributed by atoms with E-state index in [1.165, 1.54) is 15.4 Å². The highest BCUT2D eigenvalue weighted by molar-refractivity contribution is 5.89. The zero-order chi connectivity index (χ0) is 21.5. The number of hydrogen-bond acceptors (Lipinski definition) is 3. The molecular weight excluding hydrogens is 409 g/mol. The van der Waals surface area contributed by atoms with E-state index in [-0.39, 0.29) is 23.8 Å². The standard InChI is InChI=1S/C19H16F5N5O/c20-13-4-5-15(14(21)8-13)25-18(30)28-7-1-2-11(9-28)17-27-26-16-6-3-12(10-29(16)17)19(22,23)24/h3-6,8,10-11H,1-2,7,9H2,(H,25,30)/t11-/m1/s1. The zero-order valence-electron chi connectivity index (χ0n) is 15.5. The summed E-state index contributed by atoms with van der Waals surface area (Å²) in [6.07, 6.45) is -2.38. The van der Waals surface area contributed by atoms with Gasteiger partial charge in [-0.15, -0.1) is 10.2 Å². The highest BCUT2D eigenvalue weighted by Crippen LogP contribution is 2.31. The molecule has 6 nitrogen and oxygen atoms in total. The molecule has 2 aromatic heterocycles. The minimum absolute atomic E-state index is 0.161. The van der Waals surface area contributed by atoms with Gasteiger partial charge in [0.15, 0.2) is 5.65 Å². The quantitative estimate of drug-likeness (QED) is 0.618. The number of hydrogen-bond donors (Lipinski definition) is 1. The van der Waals surface area contributed by atoms with Gasteiger partial charge in [-0.25, -0.2) is 13.6 Å². The summed E-state index contributed by atoms with van der Waals surface area (Å²) in [6.45, 7) is 0.557. The molecule has 0 saturated carbocycles. The van der Waals surface area contributed by atoms with Crippen LogP contribution in [0.1, 0.15) is 30.1 Å². The van der Waals surface area contributed by atoms with Gasteiger partial charge in [0.25, 0.3) is 0 Å². The number of alkyl halides is 3. The monoisotopic (exact) mass is 425 g/mol. The maximum atomic E-state index is 13.8. The van der Waals surface area contributed by atoms with Crippen LogP contribution in [0.3, 0.4) is 0 Å². The van der Waals surface area contributed by atoms with E-state index in [2.05, 4.69) is 15.5 Å². The van der Waals surface area contributed by atoms with Gasteiger partial charge in [-0.3, -0.25) is 4.40 Å². The molecule has 1 aliphatic rings. The summed E-state index contributed by atoms with van der Waals surface area (Å²) in [5.41, 5.74) is -0.715. The van der Waals surface area contributed by atoms with E-state index in [9.17, 15) is 26.7 Å². The summed E-state index contributed by atoms with van der Waals surface area (Å²) >= 11 is 0. The van der Waals surface area contributed by atoms with E-state index in [4.69, 9.17) is 0 Å². The number of halogens is 5. The first-order chi connectivity index (χ1) is 14.2. The van der Waals surface area contributed by atoms with Gasteiger partial charge in [0.2, 0.25) is 0 Å². The number of carbonyl (C=O) groups is 1. The second kappa shape index (κ2) is 7.54. The Hall–Kier alpha value is -3.24. The molecule has 0 radical (unpaired) electrons. The van der Waals surface area contributed by atoms with Crippen molar-refractivity contribution in [2.24, 2.45) is 0 Å². The molecule has 2 amide bonds. The summed E-state index contributed by atoms with van der Waals surface area (Å²) in [5.74, 6) is -1.69. The lowest BCUT2D eigenvalue weighted by molar-refractivity contribution is -0.137. The van der Waals surface area contributed by atoms with Crippen LogP contribution in [-0.2, 0) is 6.18 Å². The molecule has 30 heavy (non-hydrogen) atoms. The fourth-order valence-corrected chi connectivity index (χ4v) is 3.51. The predicted octanol–water partition coefficient (Wildman–Crippen LogP) is 4.44. The molecule has 0 aliphatic carbocycles. The van der Waals surface area contributed by atoms with E-state index in [0.29, 0.717) is 31.3 Å². The summed E-state index contributed by atoms with van der Waals surface area (Å²) in [5, 5.41) is 10.3. The lowest BCUT2D eigenvalue weighted by Gasteiger charge is -2.32. The lowest BCUT2D eigenvalue weighted by atomic mass is 9.97. The molecule has 3 heterocycles. The van der Waals surface area contributed by atoms with Crippen LogP contribution in [0.2, 0.25) is 0 Å². The largest absolute Gasteiger partial charge is 0.417 e.